The number of carbonyl (C=O) groups is 1. The minimum Gasteiger partial charge on any atom is -0.378 e. The first-order valence-corrected chi connectivity index (χ1v) is 11.2. The highest BCUT2D eigenvalue weighted by Crippen LogP contribution is 2.26. The summed E-state index contributed by atoms with van der Waals surface area (Å²) in [6, 6.07) is 13.8. The van der Waals surface area contributed by atoms with Crippen LogP contribution in [0.5, 0.6) is 0 Å². The lowest BCUT2D eigenvalue weighted by atomic mass is 9.88. The van der Waals surface area contributed by atoms with Crippen molar-refractivity contribution in [3.8, 4) is 11.3 Å². The van der Waals surface area contributed by atoms with Crippen molar-refractivity contribution in [3.63, 3.8) is 0 Å². The van der Waals surface area contributed by atoms with E-state index >= 15 is 0 Å². The second-order valence-corrected chi connectivity index (χ2v) is 8.76. The van der Waals surface area contributed by atoms with Crippen molar-refractivity contribution in [2.75, 3.05) is 40.4 Å². The normalized spacial score (nSPS) is 12.5. The van der Waals surface area contributed by atoms with Crippen LogP contribution in [0.1, 0.15) is 25.3 Å². The number of ether oxygens (including phenoxy) is 1. The minimum absolute atomic E-state index is 0.0682. The third kappa shape index (κ3) is 6.27. The Kier molecular flexibility index (Phi) is 8.36. The number of nitrogens with one attached hydrogen (secondary N) is 2. The molecule has 1 amide bonds. The van der Waals surface area contributed by atoms with Crippen LogP contribution in [0.2, 0.25) is 0 Å². The fraction of sp³-hybridized carbons (Fsp3) is 0.385. The monoisotopic (exact) mass is 453 g/mol. The van der Waals surface area contributed by atoms with Crippen molar-refractivity contribution in [2.24, 2.45) is 5.92 Å². The fourth-order valence-corrected chi connectivity index (χ4v) is 3.81. The molecule has 33 heavy (non-hydrogen) atoms. The van der Waals surface area contributed by atoms with Crippen molar-refractivity contribution in [1.29, 1.82) is 0 Å². The van der Waals surface area contributed by atoms with Crippen molar-refractivity contribution in [3.05, 3.63) is 70.3 Å². The highest BCUT2D eigenvalue weighted by Gasteiger charge is 2.26. The number of aromatic nitrogens is 1. The van der Waals surface area contributed by atoms with E-state index in [-0.39, 0.29) is 23.2 Å². The summed E-state index contributed by atoms with van der Waals surface area (Å²) in [7, 11) is 3.94. The topological polar surface area (TPSA) is 74.4 Å². The first kappa shape index (κ1) is 24.6. The van der Waals surface area contributed by atoms with Crippen LogP contribution in [0.3, 0.4) is 0 Å². The number of hydrogen-bond donors (Lipinski definition) is 2. The number of benzene rings is 2. The van der Waals surface area contributed by atoms with E-state index in [0.717, 1.165) is 11.9 Å². The summed E-state index contributed by atoms with van der Waals surface area (Å²) in [4.78, 5) is 30.7. The first-order chi connectivity index (χ1) is 15.8. The van der Waals surface area contributed by atoms with Gasteiger partial charge >= 0.3 is 0 Å². The lowest BCUT2D eigenvalue weighted by Gasteiger charge is -2.20. The van der Waals surface area contributed by atoms with Crippen molar-refractivity contribution in [1.82, 2.24) is 15.2 Å². The van der Waals surface area contributed by atoms with E-state index in [9.17, 15) is 14.0 Å². The van der Waals surface area contributed by atoms with Crippen LogP contribution in [-0.4, -0.2) is 56.2 Å². The number of pyridine rings is 1. The van der Waals surface area contributed by atoms with Crippen molar-refractivity contribution < 1.29 is 13.9 Å². The fourth-order valence-electron chi connectivity index (χ4n) is 3.81. The first-order valence-electron chi connectivity index (χ1n) is 11.2. The Balaban J connectivity index is 1.74. The molecular weight excluding hydrogens is 421 g/mol. The number of nitrogens with zero attached hydrogens (tertiary/aromatic N) is 1. The van der Waals surface area contributed by atoms with Gasteiger partial charge in [-0.25, -0.2) is 4.39 Å². The molecule has 1 aromatic heterocycles. The Morgan fingerprint density at radius 2 is 1.91 bits per heavy atom. The van der Waals surface area contributed by atoms with Gasteiger partial charge in [0.05, 0.1) is 19.1 Å². The van der Waals surface area contributed by atoms with Crippen LogP contribution < -0.4 is 10.9 Å². The summed E-state index contributed by atoms with van der Waals surface area (Å²) in [5.41, 5.74) is 1.37. The largest absolute Gasteiger partial charge is 0.378 e. The SMILES string of the molecule is CC(C)C(C(=O)NCCOCCN(C)C)c1ccc(-c2ccc3cccc(F)c3c2)[nH]c1=O. The average molecular weight is 454 g/mol. The molecule has 0 saturated carbocycles. The van der Waals surface area contributed by atoms with Crippen LogP contribution in [-0.2, 0) is 9.53 Å². The van der Waals surface area contributed by atoms with Gasteiger partial charge in [-0.2, -0.15) is 0 Å². The number of likely N-dealkylation sites (N-methyl/N-ethyl adjacent to an activating group) is 1. The molecule has 0 radical (unpaired) electrons. The van der Waals surface area contributed by atoms with Crippen LogP contribution >= 0.6 is 0 Å². The molecule has 1 unspecified atom stereocenters. The van der Waals surface area contributed by atoms with Gasteiger partial charge in [0.2, 0.25) is 5.91 Å². The van der Waals surface area contributed by atoms with Crippen LogP contribution in [0.4, 0.5) is 4.39 Å². The molecule has 0 aliphatic carbocycles. The molecule has 6 nitrogen and oxygen atoms in total. The molecular formula is C26H32FN3O3. The molecule has 0 saturated heterocycles. The zero-order valence-corrected chi connectivity index (χ0v) is 19.7. The van der Waals surface area contributed by atoms with Crippen LogP contribution in [0, 0.1) is 11.7 Å². The summed E-state index contributed by atoms with van der Waals surface area (Å²) in [6.45, 7) is 6.03. The molecule has 176 valence electrons. The number of carbonyl (C=O) groups excluding carboxylic acids is 1. The molecule has 0 bridgehead atoms. The van der Waals surface area contributed by atoms with E-state index in [4.69, 9.17) is 4.74 Å². The molecule has 2 aromatic carbocycles. The van der Waals surface area contributed by atoms with E-state index in [1.165, 1.54) is 6.07 Å². The Morgan fingerprint density at radius 3 is 2.61 bits per heavy atom. The van der Waals surface area contributed by atoms with Gasteiger partial charge in [-0.1, -0.05) is 44.2 Å². The Morgan fingerprint density at radius 1 is 1.12 bits per heavy atom. The maximum Gasteiger partial charge on any atom is 0.252 e. The number of H-pyrrole nitrogens is 1. The number of fused-ring (bicyclic) bond motifs is 1. The number of halogens is 1. The van der Waals surface area contributed by atoms with E-state index < -0.39 is 5.92 Å². The van der Waals surface area contributed by atoms with Crippen LogP contribution in [0.25, 0.3) is 22.0 Å². The van der Waals surface area contributed by atoms with Crippen molar-refractivity contribution >= 4 is 16.7 Å². The highest BCUT2D eigenvalue weighted by molar-refractivity contribution is 5.87. The lowest BCUT2D eigenvalue weighted by molar-refractivity contribution is -0.123. The second kappa shape index (κ2) is 11.2. The second-order valence-electron chi connectivity index (χ2n) is 8.76. The van der Waals surface area contributed by atoms with E-state index in [1.807, 2.05) is 51.0 Å². The Labute approximate surface area is 193 Å². The summed E-state index contributed by atoms with van der Waals surface area (Å²) >= 11 is 0. The standard InChI is InChI=1S/C26H32FN3O3/c1-17(2)24(26(32)28-12-14-33-15-13-30(3)4)20-10-11-23(29-25(20)31)19-9-8-18-6-5-7-22(27)21(18)16-19/h5-11,16-17,24H,12-15H2,1-4H3,(H,28,32)(H,29,31). The zero-order valence-electron chi connectivity index (χ0n) is 19.7. The van der Waals surface area contributed by atoms with Crippen LogP contribution in [0.15, 0.2) is 53.3 Å². The number of amides is 1. The highest BCUT2D eigenvalue weighted by atomic mass is 19.1. The summed E-state index contributed by atoms with van der Waals surface area (Å²) in [6.07, 6.45) is 0. The predicted octanol–water partition coefficient (Wildman–Crippen LogP) is 3.77. The molecule has 0 fully saturated rings. The van der Waals surface area contributed by atoms with Gasteiger partial charge in [0.1, 0.15) is 5.82 Å². The maximum atomic E-state index is 14.2. The predicted molar refractivity (Wildman–Crippen MR) is 130 cm³/mol. The van der Waals surface area contributed by atoms with Gasteiger partial charge < -0.3 is 19.9 Å². The van der Waals surface area contributed by atoms with E-state index in [0.29, 0.717) is 42.0 Å². The quantitative estimate of drug-likeness (QED) is 0.459. The van der Waals surface area contributed by atoms with Gasteiger partial charge in [-0.15, -0.1) is 0 Å². The number of rotatable bonds is 10. The maximum absolute atomic E-state index is 14.2. The molecule has 1 heterocycles. The van der Waals surface area contributed by atoms with Gasteiger partial charge in [0, 0.05) is 29.7 Å². The third-order valence-electron chi connectivity index (χ3n) is 5.59. The number of hydrogen-bond acceptors (Lipinski definition) is 4. The average Bonchev–Trinajstić information content (AvgIpc) is 2.77. The van der Waals surface area contributed by atoms with Gasteiger partial charge in [-0.3, -0.25) is 9.59 Å². The molecule has 3 aromatic rings. The third-order valence-corrected chi connectivity index (χ3v) is 5.59. The van der Waals surface area contributed by atoms with Gasteiger partial charge in [0.15, 0.2) is 0 Å². The smallest absolute Gasteiger partial charge is 0.252 e. The van der Waals surface area contributed by atoms with E-state index in [1.54, 1.807) is 24.3 Å². The summed E-state index contributed by atoms with van der Waals surface area (Å²) in [5.74, 6) is -1.16. The summed E-state index contributed by atoms with van der Waals surface area (Å²) < 4.78 is 19.7. The van der Waals surface area contributed by atoms with E-state index in [2.05, 4.69) is 10.3 Å². The molecule has 0 spiro atoms. The van der Waals surface area contributed by atoms with Gasteiger partial charge in [0.25, 0.3) is 5.56 Å². The Bertz CT molecular complexity index is 1160. The molecule has 0 aliphatic rings. The molecule has 7 heteroatoms. The zero-order chi connectivity index (χ0) is 24.0. The van der Waals surface area contributed by atoms with Gasteiger partial charge in [-0.05, 0) is 49.2 Å². The van der Waals surface area contributed by atoms with Crippen molar-refractivity contribution in [2.45, 2.75) is 19.8 Å². The minimum atomic E-state index is -0.585. The number of aromatic amines is 1. The lowest BCUT2D eigenvalue weighted by Crippen LogP contribution is -2.37. The molecule has 2 N–H and O–H groups in total. The molecule has 1 atom stereocenters. The summed E-state index contributed by atoms with van der Waals surface area (Å²) in [5, 5.41) is 4.16. The molecule has 3 rings (SSSR count). The molecule has 0 aliphatic heterocycles. The Hall–Kier alpha value is -3.03.